The van der Waals surface area contributed by atoms with Gasteiger partial charge < -0.3 is 15.3 Å². The molecule has 4 heteroatoms. The largest absolute Gasteiger partial charge is 0.395 e. The third-order valence-electron chi connectivity index (χ3n) is 2.46. The molecule has 4 nitrogen and oxygen atoms in total. The predicted molar refractivity (Wildman–Crippen MR) is 45.7 cm³/mol. The van der Waals surface area contributed by atoms with E-state index in [2.05, 4.69) is 5.32 Å². The Morgan fingerprint density at radius 2 is 2.42 bits per heavy atom. The number of hydrogen-bond acceptors (Lipinski definition) is 3. The van der Waals surface area contributed by atoms with Crippen molar-refractivity contribution in [1.82, 2.24) is 10.2 Å². The zero-order chi connectivity index (χ0) is 9.14. The number of aliphatic hydroxyl groups is 1. The van der Waals surface area contributed by atoms with Gasteiger partial charge in [-0.25, -0.2) is 0 Å². The van der Waals surface area contributed by atoms with E-state index in [0.717, 1.165) is 13.0 Å². The minimum Gasteiger partial charge on any atom is -0.395 e. The summed E-state index contributed by atoms with van der Waals surface area (Å²) >= 11 is 0. The highest BCUT2D eigenvalue weighted by molar-refractivity contribution is 5.73. The highest BCUT2D eigenvalue weighted by Gasteiger charge is 2.27. The quantitative estimate of drug-likeness (QED) is 0.572. The average Bonchev–Trinajstić information content (AvgIpc) is 2.50. The standard InChI is InChI=1S/C8H16N2O2/c1-6(12)10(2)8-3-7(5-11)9-4-8/h7-9,11H,3-5H2,1-2H3/t7-,8?/m0/s1. The summed E-state index contributed by atoms with van der Waals surface area (Å²) in [4.78, 5) is 12.7. The molecule has 1 aliphatic rings. The number of carbonyl (C=O) groups is 1. The fraction of sp³-hybridized carbons (Fsp3) is 0.875. The number of nitrogens with one attached hydrogen (secondary N) is 1. The lowest BCUT2D eigenvalue weighted by atomic mass is 10.1. The third kappa shape index (κ3) is 1.95. The van der Waals surface area contributed by atoms with Crippen molar-refractivity contribution in [2.75, 3.05) is 20.2 Å². The Hall–Kier alpha value is -0.610. The Balaban J connectivity index is 2.41. The molecule has 0 aromatic heterocycles. The van der Waals surface area contributed by atoms with Gasteiger partial charge in [0.1, 0.15) is 0 Å². The second kappa shape index (κ2) is 3.87. The van der Waals surface area contributed by atoms with Gasteiger partial charge in [0, 0.05) is 32.6 Å². The van der Waals surface area contributed by atoms with Gasteiger partial charge in [0.05, 0.1) is 6.61 Å². The second-order valence-electron chi connectivity index (χ2n) is 3.31. The number of hydrogen-bond donors (Lipinski definition) is 2. The zero-order valence-electron chi connectivity index (χ0n) is 7.58. The molecule has 2 N–H and O–H groups in total. The molecule has 0 saturated carbocycles. The maximum absolute atomic E-state index is 11.0. The molecule has 0 aromatic carbocycles. The molecule has 12 heavy (non-hydrogen) atoms. The van der Waals surface area contributed by atoms with Crippen LogP contribution in [-0.2, 0) is 4.79 Å². The van der Waals surface area contributed by atoms with Crippen LogP contribution in [0.4, 0.5) is 0 Å². The summed E-state index contributed by atoms with van der Waals surface area (Å²) in [6, 6.07) is 0.413. The van der Waals surface area contributed by atoms with Crippen molar-refractivity contribution < 1.29 is 9.90 Å². The molecule has 2 atom stereocenters. The van der Waals surface area contributed by atoms with Crippen molar-refractivity contribution in [2.45, 2.75) is 25.4 Å². The van der Waals surface area contributed by atoms with Gasteiger partial charge in [0.2, 0.25) is 5.91 Å². The topological polar surface area (TPSA) is 52.6 Å². The molecular formula is C8H16N2O2. The first-order valence-corrected chi connectivity index (χ1v) is 4.22. The zero-order valence-corrected chi connectivity index (χ0v) is 7.58. The first-order valence-electron chi connectivity index (χ1n) is 4.22. The normalized spacial score (nSPS) is 28.9. The van der Waals surface area contributed by atoms with Crippen LogP contribution in [-0.4, -0.2) is 48.2 Å². The summed E-state index contributed by atoms with van der Waals surface area (Å²) in [5, 5.41) is 12.0. The van der Waals surface area contributed by atoms with Crippen molar-refractivity contribution in [1.29, 1.82) is 0 Å². The molecule has 0 bridgehead atoms. The van der Waals surface area contributed by atoms with Gasteiger partial charge in [-0.05, 0) is 6.42 Å². The van der Waals surface area contributed by atoms with Crippen molar-refractivity contribution in [3.8, 4) is 0 Å². The molecule has 1 saturated heterocycles. The molecule has 0 aromatic rings. The summed E-state index contributed by atoms with van der Waals surface area (Å²) in [5.74, 6) is 0.0837. The molecule has 0 aliphatic carbocycles. The Morgan fingerprint density at radius 3 is 2.83 bits per heavy atom. The number of aliphatic hydroxyl groups excluding tert-OH is 1. The van der Waals surface area contributed by atoms with Crippen LogP contribution in [0.3, 0.4) is 0 Å². The highest BCUT2D eigenvalue weighted by atomic mass is 16.3. The summed E-state index contributed by atoms with van der Waals surface area (Å²) in [7, 11) is 1.80. The van der Waals surface area contributed by atoms with E-state index < -0.39 is 0 Å². The van der Waals surface area contributed by atoms with Crippen molar-refractivity contribution in [3.63, 3.8) is 0 Å². The molecule has 1 aliphatic heterocycles. The van der Waals surface area contributed by atoms with Gasteiger partial charge in [0.15, 0.2) is 0 Å². The fourth-order valence-corrected chi connectivity index (χ4v) is 1.49. The Kier molecular flexibility index (Phi) is 3.05. The molecule has 1 rings (SSSR count). The van der Waals surface area contributed by atoms with Gasteiger partial charge >= 0.3 is 0 Å². The highest BCUT2D eigenvalue weighted by Crippen LogP contribution is 2.11. The number of nitrogens with zero attached hydrogens (tertiary/aromatic N) is 1. The van der Waals surface area contributed by atoms with E-state index in [0.29, 0.717) is 0 Å². The van der Waals surface area contributed by atoms with Crippen LogP contribution < -0.4 is 5.32 Å². The number of carbonyl (C=O) groups excluding carboxylic acids is 1. The maximum atomic E-state index is 11.0. The van der Waals surface area contributed by atoms with E-state index in [1.165, 1.54) is 0 Å². The molecule has 0 spiro atoms. The van der Waals surface area contributed by atoms with E-state index in [4.69, 9.17) is 5.11 Å². The van der Waals surface area contributed by atoms with Gasteiger partial charge in [-0.15, -0.1) is 0 Å². The van der Waals surface area contributed by atoms with E-state index in [9.17, 15) is 4.79 Å². The van der Waals surface area contributed by atoms with Gasteiger partial charge in [-0.1, -0.05) is 0 Å². The minimum atomic E-state index is 0.0837. The molecule has 1 heterocycles. The second-order valence-corrected chi connectivity index (χ2v) is 3.31. The Bertz CT molecular complexity index is 172. The van der Waals surface area contributed by atoms with Crippen molar-refractivity contribution in [3.05, 3.63) is 0 Å². The first-order chi connectivity index (χ1) is 5.65. The number of amides is 1. The van der Waals surface area contributed by atoms with Crippen LogP contribution in [0.5, 0.6) is 0 Å². The average molecular weight is 172 g/mol. The fourth-order valence-electron chi connectivity index (χ4n) is 1.49. The first kappa shape index (κ1) is 9.48. The SMILES string of the molecule is CC(=O)N(C)C1CN[C@H](CO)C1. The molecule has 1 fully saturated rings. The Morgan fingerprint density at radius 1 is 1.75 bits per heavy atom. The van der Waals surface area contributed by atoms with Crippen LogP contribution in [0.25, 0.3) is 0 Å². The van der Waals surface area contributed by atoms with Gasteiger partial charge in [0.25, 0.3) is 0 Å². The smallest absolute Gasteiger partial charge is 0.219 e. The van der Waals surface area contributed by atoms with Crippen LogP contribution in [0, 0.1) is 0 Å². The molecule has 70 valence electrons. The number of rotatable bonds is 2. The van der Waals surface area contributed by atoms with Crippen molar-refractivity contribution >= 4 is 5.91 Å². The molecule has 0 radical (unpaired) electrons. The summed E-state index contributed by atoms with van der Waals surface area (Å²) < 4.78 is 0. The van der Waals surface area contributed by atoms with Crippen LogP contribution in [0.15, 0.2) is 0 Å². The molecule has 1 amide bonds. The lowest BCUT2D eigenvalue weighted by Gasteiger charge is -2.21. The third-order valence-corrected chi connectivity index (χ3v) is 2.46. The predicted octanol–water partition coefficient (Wildman–Crippen LogP) is -0.812. The Labute approximate surface area is 72.6 Å². The van der Waals surface area contributed by atoms with Crippen LogP contribution in [0.2, 0.25) is 0 Å². The summed E-state index contributed by atoms with van der Waals surface area (Å²) in [6.07, 6.45) is 0.854. The van der Waals surface area contributed by atoms with Crippen LogP contribution >= 0.6 is 0 Å². The van der Waals surface area contributed by atoms with Crippen molar-refractivity contribution in [2.24, 2.45) is 0 Å². The van der Waals surface area contributed by atoms with Gasteiger partial charge in [-0.2, -0.15) is 0 Å². The number of likely N-dealkylation sites (N-methyl/N-ethyl adjacent to an activating group) is 1. The molecular weight excluding hydrogens is 156 g/mol. The van der Waals surface area contributed by atoms with Gasteiger partial charge in [-0.3, -0.25) is 4.79 Å². The lowest BCUT2D eigenvalue weighted by molar-refractivity contribution is -0.129. The van der Waals surface area contributed by atoms with E-state index in [-0.39, 0.29) is 24.6 Å². The monoisotopic (exact) mass is 172 g/mol. The summed E-state index contributed by atoms with van der Waals surface area (Å²) in [5.41, 5.74) is 0. The lowest BCUT2D eigenvalue weighted by Crippen LogP contribution is -2.36. The van der Waals surface area contributed by atoms with Crippen LogP contribution in [0.1, 0.15) is 13.3 Å². The minimum absolute atomic E-state index is 0.0837. The van der Waals surface area contributed by atoms with E-state index in [1.807, 2.05) is 0 Å². The van der Waals surface area contributed by atoms with E-state index in [1.54, 1.807) is 18.9 Å². The molecule has 1 unspecified atom stereocenters. The maximum Gasteiger partial charge on any atom is 0.219 e. The van der Waals surface area contributed by atoms with E-state index >= 15 is 0 Å². The summed E-state index contributed by atoms with van der Waals surface area (Å²) in [6.45, 7) is 2.51.